The first-order chi connectivity index (χ1) is 7.31. The minimum Gasteiger partial charge on any atom is -0.0876 e. The average Bonchev–Trinajstić information content (AvgIpc) is 2.30. The van der Waals surface area contributed by atoms with Gasteiger partial charge in [0.15, 0.2) is 0 Å². The predicted octanol–water partition coefficient (Wildman–Crippen LogP) is 4.90. The van der Waals surface area contributed by atoms with Crippen molar-refractivity contribution < 1.29 is 0 Å². The third-order valence-electron chi connectivity index (χ3n) is 2.30. The lowest BCUT2D eigenvalue weighted by molar-refractivity contribution is 1.43. The molecule has 0 saturated heterocycles. The van der Waals surface area contributed by atoms with Crippen LogP contribution in [0.5, 0.6) is 0 Å². The normalized spacial score (nSPS) is 10.3. The second-order valence-corrected chi connectivity index (χ2v) is 4.30. The highest BCUT2D eigenvalue weighted by Gasteiger charge is 2.03. The lowest BCUT2D eigenvalue weighted by Gasteiger charge is -2.07. The quantitative estimate of drug-likeness (QED) is 0.687. The van der Waals surface area contributed by atoms with Gasteiger partial charge in [0.05, 0.1) is 0 Å². The second kappa shape index (κ2) is 4.82. The zero-order chi connectivity index (χ0) is 10.7. The molecule has 0 nitrogen and oxygen atoms in total. The van der Waals surface area contributed by atoms with Gasteiger partial charge in [0.25, 0.3) is 0 Å². The van der Waals surface area contributed by atoms with Gasteiger partial charge in [-0.3, -0.25) is 0 Å². The fraction of sp³-hybridized carbons (Fsp3) is 0.0769. The van der Waals surface area contributed by atoms with E-state index in [2.05, 4.69) is 34.1 Å². The zero-order valence-corrected chi connectivity index (χ0v) is 10.4. The Kier molecular flexibility index (Phi) is 3.45. The summed E-state index contributed by atoms with van der Waals surface area (Å²) < 4.78 is 0. The van der Waals surface area contributed by atoms with Gasteiger partial charge >= 0.3 is 0 Å². The molecule has 0 amide bonds. The minimum absolute atomic E-state index is 0.782. The summed E-state index contributed by atoms with van der Waals surface area (Å²) in [5.74, 6) is 0. The molecule has 2 aromatic carbocycles. The van der Waals surface area contributed by atoms with Gasteiger partial charge in [-0.25, -0.2) is 0 Å². The van der Waals surface area contributed by atoms with Crippen LogP contribution in [0.4, 0.5) is 0 Å². The van der Waals surface area contributed by atoms with Gasteiger partial charge in [0, 0.05) is 10.4 Å². The van der Waals surface area contributed by atoms with Gasteiger partial charge in [-0.2, -0.15) is 0 Å². The lowest BCUT2D eigenvalue weighted by atomic mass is 10.0. The highest BCUT2D eigenvalue weighted by atomic mass is 79.9. The van der Waals surface area contributed by atoms with Gasteiger partial charge in [-0.1, -0.05) is 63.9 Å². The van der Waals surface area contributed by atoms with Crippen molar-refractivity contribution in [3.8, 4) is 11.1 Å². The van der Waals surface area contributed by atoms with Crippen LogP contribution >= 0.6 is 27.5 Å². The first-order valence-corrected chi connectivity index (χ1v) is 6.21. The zero-order valence-electron chi connectivity index (χ0n) is 8.08. The van der Waals surface area contributed by atoms with Crippen molar-refractivity contribution in [1.29, 1.82) is 0 Å². The summed E-state index contributed by atoms with van der Waals surface area (Å²) in [6, 6.07) is 16.3. The topological polar surface area (TPSA) is 0 Å². The predicted molar refractivity (Wildman–Crippen MR) is 69.5 cm³/mol. The lowest BCUT2D eigenvalue weighted by Crippen LogP contribution is -1.85. The Morgan fingerprint density at radius 1 is 1.00 bits per heavy atom. The molecule has 2 heteroatoms. The van der Waals surface area contributed by atoms with Crippen molar-refractivity contribution in [3.63, 3.8) is 0 Å². The van der Waals surface area contributed by atoms with Gasteiger partial charge in [-0.15, -0.1) is 0 Å². The molecule has 0 fully saturated rings. The number of benzene rings is 2. The maximum Gasteiger partial charge on any atom is 0.0409 e. The highest BCUT2D eigenvalue weighted by Crippen LogP contribution is 2.27. The van der Waals surface area contributed by atoms with Gasteiger partial charge < -0.3 is 0 Å². The summed E-state index contributed by atoms with van der Waals surface area (Å²) >= 11 is 9.44. The third-order valence-corrected chi connectivity index (χ3v) is 3.14. The van der Waals surface area contributed by atoms with Crippen LogP contribution in [-0.2, 0) is 5.33 Å². The van der Waals surface area contributed by atoms with E-state index in [0.717, 1.165) is 10.4 Å². The number of halogens is 2. The van der Waals surface area contributed by atoms with Crippen LogP contribution in [0.3, 0.4) is 0 Å². The van der Waals surface area contributed by atoms with Crippen LogP contribution in [0.2, 0.25) is 5.02 Å². The van der Waals surface area contributed by atoms with Crippen LogP contribution in [0.15, 0.2) is 48.5 Å². The highest BCUT2D eigenvalue weighted by molar-refractivity contribution is 9.08. The molecule has 0 aliphatic carbocycles. The first-order valence-electron chi connectivity index (χ1n) is 4.71. The van der Waals surface area contributed by atoms with E-state index in [0.29, 0.717) is 0 Å². The molecule has 0 radical (unpaired) electrons. The summed E-state index contributed by atoms with van der Waals surface area (Å²) in [7, 11) is 0. The van der Waals surface area contributed by atoms with Gasteiger partial charge in [-0.05, 0) is 28.8 Å². The largest absolute Gasteiger partial charge is 0.0876 e. The van der Waals surface area contributed by atoms with E-state index >= 15 is 0 Å². The van der Waals surface area contributed by atoms with Crippen LogP contribution < -0.4 is 0 Å². The Balaban J connectivity index is 2.53. The summed E-state index contributed by atoms with van der Waals surface area (Å²) in [5.41, 5.74) is 3.68. The van der Waals surface area contributed by atoms with Gasteiger partial charge in [0.1, 0.15) is 0 Å². The van der Waals surface area contributed by atoms with Gasteiger partial charge in [0.2, 0.25) is 0 Å². The minimum atomic E-state index is 0.782. The number of alkyl halides is 1. The molecule has 0 atom stereocenters. The summed E-state index contributed by atoms with van der Waals surface area (Å²) in [6.45, 7) is 0. The number of hydrogen-bond acceptors (Lipinski definition) is 0. The van der Waals surface area contributed by atoms with E-state index < -0.39 is 0 Å². The van der Waals surface area contributed by atoms with Crippen LogP contribution in [-0.4, -0.2) is 0 Å². The van der Waals surface area contributed by atoms with Crippen molar-refractivity contribution >= 4 is 27.5 Å². The van der Waals surface area contributed by atoms with Crippen LogP contribution in [0.1, 0.15) is 5.56 Å². The Bertz CT molecular complexity index is 451. The first kappa shape index (κ1) is 10.7. The molecule has 2 aromatic rings. The second-order valence-electron chi connectivity index (χ2n) is 3.30. The average molecular weight is 282 g/mol. The maximum atomic E-state index is 5.96. The third kappa shape index (κ3) is 2.42. The molecule has 0 spiro atoms. The molecule has 0 unspecified atom stereocenters. The Morgan fingerprint density at radius 2 is 1.73 bits per heavy atom. The molecular formula is C13H10BrCl. The molecule has 0 aliphatic heterocycles. The van der Waals surface area contributed by atoms with E-state index in [9.17, 15) is 0 Å². The summed E-state index contributed by atoms with van der Waals surface area (Å²) in [4.78, 5) is 0. The van der Waals surface area contributed by atoms with Crippen molar-refractivity contribution in [1.82, 2.24) is 0 Å². The smallest absolute Gasteiger partial charge is 0.0409 e. The van der Waals surface area contributed by atoms with E-state index in [1.807, 2.05) is 30.3 Å². The fourth-order valence-electron chi connectivity index (χ4n) is 1.57. The molecular weight excluding hydrogens is 271 g/mol. The van der Waals surface area contributed by atoms with Crippen molar-refractivity contribution in [3.05, 3.63) is 59.1 Å². The van der Waals surface area contributed by atoms with E-state index in [4.69, 9.17) is 11.6 Å². The molecule has 0 N–H and O–H groups in total. The molecule has 2 rings (SSSR count). The molecule has 15 heavy (non-hydrogen) atoms. The Morgan fingerprint density at radius 3 is 2.40 bits per heavy atom. The van der Waals surface area contributed by atoms with E-state index in [-0.39, 0.29) is 0 Å². The Hall–Kier alpha value is -0.790. The van der Waals surface area contributed by atoms with E-state index in [1.54, 1.807) is 0 Å². The summed E-state index contributed by atoms with van der Waals surface area (Å²) in [5, 5.41) is 1.60. The van der Waals surface area contributed by atoms with E-state index in [1.165, 1.54) is 16.7 Å². The van der Waals surface area contributed by atoms with Crippen molar-refractivity contribution in [2.24, 2.45) is 0 Å². The number of hydrogen-bond donors (Lipinski definition) is 0. The molecule has 0 heterocycles. The molecule has 0 aromatic heterocycles. The van der Waals surface area contributed by atoms with Crippen LogP contribution in [0.25, 0.3) is 11.1 Å². The van der Waals surface area contributed by atoms with Crippen LogP contribution in [0, 0.1) is 0 Å². The standard InChI is InChI=1S/C13H10BrCl/c14-9-11-8-12(15)6-7-13(11)10-4-2-1-3-5-10/h1-8H,9H2. The Labute approximate surface area is 103 Å². The maximum absolute atomic E-state index is 5.96. The fourth-order valence-corrected chi connectivity index (χ4v) is 2.23. The molecule has 0 saturated carbocycles. The van der Waals surface area contributed by atoms with Crippen molar-refractivity contribution in [2.45, 2.75) is 5.33 Å². The monoisotopic (exact) mass is 280 g/mol. The number of rotatable bonds is 2. The molecule has 0 bridgehead atoms. The molecule has 0 aliphatic rings. The summed E-state index contributed by atoms with van der Waals surface area (Å²) in [6.07, 6.45) is 0. The van der Waals surface area contributed by atoms with Crippen molar-refractivity contribution in [2.75, 3.05) is 0 Å². The SMILES string of the molecule is Clc1ccc(-c2ccccc2)c(CBr)c1. The molecule has 76 valence electrons.